The molecule has 0 saturated carbocycles. The molecule has 0 aliphatic heterocycles. The van der Waals surface area contributed by atoms with Gasteiger partial charge in [0, 0.05) is 10.6 Å². The van der Waals surface area contributed by atoms with Gasteiger partial charge in [0.2, 0.25) is 0 Å². The van der Waals surface area contributed by atoms with Gasteiger partial charge in [-0.3, -0.25) is 0 Å². The van der Waals surface area contributed by atoms with Gasteiger partial charge in [-0.2, -0.15) is 0 Å². The lowest BCUT2D eigenvalue weighted by Gasteiger charge is -2.00. The molecular formula is C13H11Cl2NO2S. The zero-order chi connectivity index (χ0) is 14.0. The Morgan fingerprint density at radius 3 is 2.79 bits per heavy atom. The number of thiazole rings is 1. The van der Waals surface area contributed by atoms with Crippen LogP contribution < -0.4 is 0 Å². The second-order valence-corrected chi connectivity index (χ2v) is 5.62. The lowest BCUT2D eigenvalue weighted by atomic mass is 10.2. The molecule has 0 aliphatic carbocycles. The summed E-state index contributed by atoms with van der Waals surface area (Å²) in [6.45, 7) is 3.88. The van der Waals surface area contributed by atoms with Crippen LogP contribution in [0.2, 0.25) is 10.0 Å². The second-order valence-electron chi connectivity index (χ2n) is 3.78. The second kappa shape index (κ2) is 5.90. The maximum Gasteiger partial charge on any atom is 0.350 e. The first kappa shape index (κ1) is 14.3. The van der Waals surface area contributed by atoms with Gasteiger partial charge in [0.25, 0.3) is 0 Å². The average molecular weight is 316 g/mol. The number of aromatic nitrogens is 1. The number of hydrogen-bond acceptors (Lipinski definition) is 4. The van der Waals surface area contributed by atoms with E-state index >= 15 is 0 Å². The Labute approximate surface area is 125 Å². The van der Waals surface area contributed by atoms with Crippen LogP contribution in [0.25, 0.3) is 10.6 Å². The predicted molar refractivity (Wildman–Crippen MR) is 78.3 cm³/mol. The maximum absolute atomic E-state index is 11.7. The molecule has 0 atom stereocenters. The molecule has 0 unspecified atom stereocenters. The van der Waals surface area contributed by atoms with Gasteiger partial charge in [-0.25, -0.2) is 9.78 Å². The number of nitrogens with zero attached hydrogens (tertiary/aromatic N) is 1. The molecule has 0 N–H and O–H groups in total. The quantitative estimate of drug-likeness (QED) is 0.777. The van der Waals surface area contributed by atoms with Crippen molar-refractivity contribution in [2.24, 2.45) is 0 Å². The molecule has 0 amide bonds. The maximum atomic E-state index is 11.7. The number of ether oxygens (including phenoxy) is 1. The molecular weight excluding hydrogens is 305 g/mol. The van der Waals surface area contributed by atoms with E-state index in [4.69, 9.17) is 27.9 Å². The molecule has 6 heteroatoms. The summed E-state index contributed by atoms with van der Waals surface area (Å²) in [4.78, 5) is 16.6. The number of aryl methyl sites for hydroxylation is 1. The molecule has 0 spiro atoms. The van der Waals surface area contributed by atoms with Crippen LogP contribution in [-0.4, -0.2) is 17.6 Å². The molecule has 0 saturated heterocycles. The summed E-state index contributed by atoms with van der Waals surface area (Å²) in [5.41, 5.74) is 1.40. The monoisotopic (exact) mass is 315 g/mol. The summed E-state index contributed by atoms with van der Waals surface area (Å²) in [6, 6.07) is 5.18. The van der Waals surface area contributed by atoms with Gasteiger partial charge in [0.1, 0.15) is 9.88 Å². The molecule has 2 aromatic rings. The summed E-state index contributed by atoms with van der Waals surface area (Å²) >= 11 is 13.3. The van der Waals surface area contributed by atoms with Gasteiger partial charge < -0.3 is 4.74 Å². The first-order valence-corrected chi connectivity index (χ1v) is 7.20. The van der Waals surface area contributed by atoms with E-state index in [1.54, 1.807) is 32.0 Å². The van der Waals surface area contributed by atoms with Crippen LogP contribution in [0.15, 0.2) is 18.2 Å². The standard InChI is InChI=1S/C13H11Cl2NO2S/c1-3-18-13(17)11-7(2)16-12(19-11)9-5-4-8(14)6-10(9)15/h4-6H,3H2,1-2H3. The molecule has 0 aliphatic rings. The number of carbonyl (C=O) groups is 1. The van der Waals surface area contributed by atoms with Crippen LogP contribution in [0.4, 0.5) is 0 Å². The Bertz CT molecular complexity index is 625. The fraction of sp³-hybridized carbons (Fsp3) is 0.231. The average Bonchev–Trinajstić information content (AvgIpc) is 2.71. The fourth-order valence-electron chi connectivity index (χ4n) is 1.56. The van der Waals surface area contributed by atoms with Crippen molar-refractivity contribution in [3.05, 3.63) is 38.8 Å². The molecule has 19 heavy (non-hydrogen) atoms. The summed E-state index contributed by atoms with van der Waals surface area (Å²) in [6.07, 6.45) is 0. The third kappa shape index (κ3) is 3.08. The first-order chi connectivity index (χ1) is 9.02. The zero-order valence-corrected chi connectivity index (χ0v) is 12.7. The third-order valence-electron chi connectivity index (χ3n) is 2.42. The number of carbonyl (C=O) groups excluding carboxylic acids is 1. The van der Waals surface area contributed by atoms with Gasteiger partial charge >= 0.3 is 5.97 Å². The highest BCUT2D eigenvalue weighted by atomic mass is 35.5. The van der Waals surface area contributed by atoms with Crippen LogP contribution in [0.1, 0.15) is 22.3 Å². The predicted octanol–water partition coefficient (Wildman–Crippen LogP) is 4.60. The molecule has 100 valence electrons. The van der Waals surface area contributed by atoms with Crippen molar-refractivity contribution in [2.45, 2.75) is 13.8 Å². The Hall–Kier alpha value is -1.10. The minimum atomic E-state index is -0.353. The van der Waals surface area contributed by atoms with Crippen LogP contribution in [0.5, 0.6) is 0 Å². The van der Waals surface area contributed by atoms with E-state index in [2.05, 4.69) is 4.98 Å². The van der Waals surface area contributed by atoms with E-state index in [9.17, 15) is 4.79 Å². The SMILES string of the molecule is CCOC(=O)c1sc(-c2ccc(Cl)cc2Cl)nc1C. The Balaban J connectivity index is 2.42. The van der Waals surface area contributed by atoms with Gasteiger partial charge in [-0.1, -0.05) is 23.2 Å². The van der Waals surface area contributed by atoms with Crippen molar-refractivity contribution >= 4 is 40.5 Å². The summed E-state index contributed by atoms with van der Waals surface area (Å²) in [7, 11) is 0. The van der Waals surface area contributed by atoms with Crippen molar-refractivity contribution < 1.29 is 9.53 Å². The lowest BCUT2D eigenvalue weighted by molar-refractivity contribution is 0.0531. The highest BCUT2D eigenvalue weighted by Gasteiger charge is 2.18. The molecule has 3 nitrogen and oxygen atoms in total. The fourth-order valence-corrected chi connectivity index (χ4v) is 3.11. The molecule has 2 rings (SSSR count). The van der Waals surface area contributed by atoms with Crippen LogP contribution in [-0.2, 0) is 4.74 Å². The molecule has 1 aromatic carbocycles. The van der Waals surface area contributed by atoms with Gasteiger partial charge in [-0.05, 0) is 32.0 Å². The van der Waals surface area contributed by atoms with Crippen LogP contribution in [0.3, 0.4) is 0 Å². The first-order valence-electron chi connectivity index (χ1n) is 5.63. The van der Waals surface area contributed by atoms with Crippen molar-refractivity contribution in [1.82, 2.24) is 4.98 Å². The van der Waals surface area contributed by atoms with E-state index in [0.29, 0.717) is 32.2 Å². The number of benzene rings is 1. The Morgan fingerprint density at radius 1 is 1.42 bits per heavy atom. The van der Waals surface area contributed by atoms with Gasteiger partial charge in [0.15, 0.2) is 0 Å². The minimum Gasteiger partial charge on any atom is -0.462 e. The van der Waals surface area contributed by atoms with Gasteiger partial charge in [-0.15, -0.1) is 11.3 Å². The molecule has 0 bridgehead atoms. The highest BCUT2D eigenvalue weighted by Crippen LogP contribution is 2.34. The molecule has 0 fully saturated rings. The summed E-state index contributed by atoms with van der Waals surface area (Å²) < 4.78 is 4.98. The Morgan fingerprint density at radius 2 is 2.16 bits per heavy atom. The van der Waals surface area contributed by atoms with E-state index < -0.39 is 0 Å². The molecule has 0 radical (unpaired) electrons. The van der Waals surface area contributed by atoms with Crippen molar-refractivity contribution in [1.29, 1.82) is 0 Å². The topological polar surface area (TPSA) is 39.2 Å². The number of rotatable bonds is 3. The number of hydrogen-bond donors (Lipinski definition) is 0. The van der Waals surface area contributed by atoms with Crippen LogP contribution in [0, 0.1) is 6.92 Å². The van der Waals surface area contributed by atoms with E-state index in [-0.39, 0.29) is 5.97 Å². The minimum absolute atomic E-state index is 0.340. The van der Waals surface area contributed by atoms with E-state index in [1.165, 1.54) is 11.3 Å². The Kier molecular flexibility index (Phi) is 4.45. The van der Waals surface area contributed by atoms with Crippen LogP contribution >= 0.6 is 34.5 Å². The van der Waals surface area contributed by atoms with Crippen molar-refractivity contribution in [2.75, 3.05) is 6.61 Å². The normalized spacial score (nSPS) is 10.5. The van der Waals surface area contributed by atoms with E-state index in [1.807, 2.05) is 0 Å². The number of esters is 1. The summed E-state index contributed by atoms with van der Waals surface area (Å²) in [5, 5.41) is 1.76. The van der Waals surface area contributed by atoms with E-state index in [0.717, 1.165) is 5.56 Å². The third-order valence-corrected chi connectivity index (χ3v) is 4.14. The van der Waals surface area contributed by atoms with Crippen molar-refractivity contribution in [3.63, 3.8) is 0 Å². The van der Waals surface area contributed by atoms with Crippen molar-refractivity contribution in [3.8, 4) is 10.6 Å². The summed E-state index contributed by atoms with van der Waals surface area (Å²) in [5.74, 6) is -0.353. The highest BCUT2D eigenvalue weighted by molar-refractivity contribution is 7.17. The number of halogens is 2. The largest absolute Gasteiger partial charge is 0.462 e. The smallest absolute Gasteiger partial charge is 0.350 e. The lowest BCUT2D eigenvalue weighted by Crippen LogP contribution is -2.03. The van der Waals surface area contributed by atoms with Gasteiger partial charge in [0.05, 0.1) is 17.3 Å². The molecule has 1 aromatic heterocycles. The molecule has 1 heterocycles. The zero-order valence-electron chi connectivity index (χ0n) is 10.4.